The Morgan fingerprint density at radius 1 is 1.25 bits per heavy atom. The van der Waals surface area contributed by atoms with Gasteiger partial charge >= 0.3 is 5.97 Å². The standard InChI is InChI=1S/C14H17Cl2NO3/c1-17(7-3-4-14(19)20-2)13(18)9-10-5-6-11(15)12(16)8-10/h5-6,8H,3-4,7,9H2,1-2H3. The Kier molecular flexibility index (Phi) is 6.82. The predicted octanol–water partition coefficient (Wildman–Crippen LogP) is 2.95. The van der Waals surface area contributed by atoms with Crippen molar-refractivity contribution in [1.82, 2.24) is 4.90 Å². The number of ether oxygens (including phenoxy) is 1. The first-order valence-corrected chi connectivity index (χ1v) is 6.94. The van der Waals surface area contributed by atoms with Crippen molar-refractivity contribution >= 4 is 35.1 Å². The van der Waals surface area contributed by atoms with Crippen LogP contribution in [0, 0.1) is 0 Å². The largest absolute Gasteiger partial charge is 0.469 e. The van der Waals surface area contributed by atoms with Crippen molar-refractivity contribution in [3.63, 3.8) is 0 Å². The molecule has 0 N–H and O–H groups in total. The van der Waals surface area contributed by atoms with Crippen molar-refractivity contribution in [1.29, 1.82) is 0 Å². The highest BCUT2D eigenvalue weighted by Gasteiger charge is 2.11. The Morgan fingerprint density at radius 2 is 1.95 bits per heavy atom. The number of carbonyl (C=O) groups is 2. The fourth-order valence-electron chi connectivity index (χ4n) is 1.65. The Balaban J connectivity index is 2.45. The van der Waals surface area contributed by atoms with Gasteiger partial charge in [-0.2, -0.15) is 0 Å². The summed E-state index contributed by atoms with van der Waals surface area (Å²) in [6.45, 7) is 0.509. The molecule has 0 unspecified atom stereocenters. The molecular formula is C14H17Cl2NO3. The summed E-state index contributed by atoms with van der Waals surface area (Å²) in [7, 11) is 3.05. The summed E-state index contributed by atoms with van der Waals surface area (Å²) in [6.07, 6.45) is 1.14. The molecule has 0 aliphatic carbocycles. The number of nitrogens with zero attached hydrogens (tertiary/aromatic N) is 1. The number of hydrogen-bond donors (Lipinski definition) is 0. The van der Waals surface area contributed by atoms with E-state index in [2.05, 4.69) is 4.74 Å². The smallest absolute Gasteiger partial charge is 0.305 e. The fourth-order valence-corrected chi connectivity index (χ4v) is 1.97. The van der Waals surface area contributed by atoms with Gasteiger partial charge in [-0.05, 0) is 24.1 Å². The normalized spacial score (nSPS) is 10.2. The quantitative estimate of drug-likeness (QED) is 0.758. The maximum absolute atomic E-state index is 12.0. The van der Waals surface area contributed by atoms with Crippen molar-refractivity contribution in [3.05, 3.63) is 33.8 Å². The third kappa shape index (κ3) is 5.39. The molecule has 1 amide bonds. The molecule has 0 aromatic heterocycles. The molecule has 0 fully saturated rings. The molecule has 1 aromatic rings. The third-order valence-corrected chi connectivity index (χ3v) is 3.61. The van der Waals surface area contributed by atoms with E-state index in [0.717, 1.165) is 5.56 Å². The van der Waals surface area contributed by atoms with Gasteiger partial charge in [0.2, 0.25) is 5.91 Å². The number of carbonyl (C=O) groups excluding carboxylic acids is 2. The number of methoxy groups -OCH3 is 1. The van der Waals surface area contributed by atoms with Crippen molar-refractivity contribution in [3.8, 4) is 0 Å². The Hall–Kier alpha value is -1.26. The van der Waals surface area contributed by atoms with Crippen LogP contribution in [-0.4, -0.2) is 37.5 Å². The molecule has 0 aliphatic rings. The summed E-state index contributed by atoms with van der Waals surface area (Å²) < 4.78 is 4.54. The summed E-state index contributed by atoms with van der Waals surface area (Å²) in [6, 6.07) is 5.13. The minimum absolute atomic E-state index is 0.0340. The molecule has 1 rings (SSSR count). The summed E-state index contributed by atoms with van der Waals surface area (Å²) >= 11 is 11.7. The molecule has 4 nitrogen and oxygen atoms in total. The number of halogens is 2. The molecule has 0 aliphatic heterocycles. The second-order valence-corrected chi connectivity index (χ2v) is 5.23. The Morgan fingerprint density at radius 3 is 2.55 bits per heavy atom. The number of benzene rings is 1. The molecule has 0 bridgehead atoms. The first kappa shape index (κ1) is 16.8. The first-order chi connectivity index (χ1) is 9.43. The van der Waals surface area contributed by atoms with E-state index in [9.17, 15) is 9.59 Å². The lowest BCUT2D eigenvalue weighted by Crippen LogP contribution is -2.29. The predicted molar refractivity (Wildman–Crippen MR) is 79.1 cm³/mol. The van der Waals surface area contributed by atoms with E-state index in [1.165, 1.54) is 7.11 Å². The van der Waals surface area contributed by atoms with E-state index in [1.54, 1.807) is 30.1 Å². The van der Waals surface area contributed by atoms with Gasteiger partial charge in [0, 0.05) is 20.0 Å². The topological polar surface area (TPSA) is 46.6 Å². The number of hydrogen-bond acceptors (Lipinski definition) is 3. The monoisotopic (exact) mass is 317 g/mol. The van der Waals surface area contributed by atoms with Crippen molar-refractivity contribution in [2.45, 2.75) is 19.3 Å². The van der Waals surface area contributed by atoms with E-state index in [4.69, 9.17) is 23.2 Å². The SMILES string of the molecule is COC(=O)CCCN(C)C(=O)Cc1ccc(Cl)c(Cl)c1. The summed E-state index contributed by atoms with van der Waals surface area (Å²) in [5.74, 6) is -0.302. The van der Waals surface area contributed by atoms with Crippen LogP contribution in [0.2, 0.25) is 10.0 Å². The molecule has 1 aromatic carbocycles. The zero-order chi connectivity index (χ0) is 15.1. The first-order valence-electron chi connectivity index (χ1n) is 6.18. The van der Waals surface area contributed by atoms with Crippen LogP contribution in [0.1, 0.15) is 18.4 Å². The molecule has 6 heteroatoms. The van der Waals surface area contributed by atoms with Crippen molar-refractivity contribution < 1.29 is 14.3 Å². The van der Waals surface area contributed by atoms with E-state index in [-0.39, 0.29) is 18.3 Å². The molecule has 0 atom stereocenters. The van der Waals surface area contributed by atoms with Gasteiger partial charge in [0.05, 0.1) is 23.6 Å². The summed E-state index contributed by atoms with van der Waals surface area (Å²) in [4.78, 5) is 24.5. The molecule has 0 saturated heterocycles. The highest BCUT2D eigenvalue weighted by Crippen LogP contribution is 2.22. The van der Waals surface area contributed by atoms with Crippen LogP contribution in [0.25, 0.3) is 0 Å². The van der Waals surface area contributed by atoms with Gasteiger partial charge in [-0.15, -0.1) is 0 Å². The molecule has 110 valence electrons. The van der Waals surface area contributed by atoms with Crippen molar-refractivity contribution in [2.24, 2.45) is 0 Å². The third-order valence-electron chi connectivity index (χ3n) is 2.87. The van der Waals surface area contributed by atoms with E-state index in [1.807, 2.05) is 0 Å². The second kappa shape index (κ2) is 8.12. The van der Waals surface area contributed by atoms with Crippen LogP contribution in [0.3, 0.4) is 0 Å². The van der Waals surface area contributed by atoms with Crippen LogP contribution >= 0.6 is 23.2 Å². The van der Waals surface area contributed by atoms with Gasteiger partial charge in [0.15, 0.2) is 0 Å². The van der Waals surface area contributed by atoms with Gasteiger partial charge in [0.25, 0.3) is 0 Å². The average Bonchev–Trinajstić information content (AvgIpc) is 2.42. The zero-order valence-electron chi connectivity index (χ0n) is 11.5. The summed E-state index contributed by atoms with van der Waals surface area (Å²) in [5.41, 5.74) is 0.809. The van der Waals surface area contributed by atoms with Crippen LogP contribution in [0.4, 0.5) is 0 Å². The van der Waals surface area contributed by atoms with E-state index in [0.29, 0.717) is 29.4 Å². The minimum Gasteiger partial charge on any atom is -0.469 e. The van der Waals surface area contributed by atoms with Crippen LogP contribution in [-0.2, 0) is 20.7 Å². The Bertz CT molecular complexity index is 491. The van der Waals surface area contributed by atoms with Gasteiger partial charge in [-0.3, -0.25) is 9.59 Å². The maximum atomic E-state index is 12.0. The highest BCUT2D eigenvalue weighted by atomic mass is 35.5. The minimum atomic E-state index is -0.268. The van der Waals surface area contributed by atoms with Gasteiger partial charge in [0.1, 0.15) is 0 Å². The number of amides is 1. The lowest BCUT2D eigenvalue weighted by atomic mass is 10.1. The molecule has 0 radical (unpaired) electrons. The van der Waals surface area contributed by atoms with Crippen LogP contribution in [0.5, 0.6) is 0 Å². The summed E-state index contributed by atoms with van der Waals surface area (Å²) in [5, 5.41) is 0.902. The number of esters is 1. The maximum Gasteiger partial charge on any atom is 0.305 e. The van der Waals surface area contributed by atoms with Gasteiger partial charge in [-0.1, -0.05) is 29.3 Å². The van der Waals surface area contributed by atoms with E-state index < -0.39 is 0 Å². The number of rotatable bonds is 6. The molecule has 0 spiro atoms. The second-order valence-electron chi connectivity index (χ2n) is 4.42. The van der Waals surface area contributed by atoms with Crippen LogP contribution in [0.15, 0.2) is 18.2 Å². The lowest BCUT2D eigenvalue weighted by molar-refractivity contribution is -0.141. The molecule has 20 heavy (non-hydrogen) atoms. The lowest BCUT2D eigenvalue weighted by Gasteiger charge is -2.17. The van der Waals surface area contributed by atoms with Gasteiger partial charge < -0.3 is 9.64 Å². The highest BCUT2D eigenvalue weighted by molar-refractivity contribution is 6.42. The van der Waals surface area contributed by atoms with E-state index >= 15 is 0 Å². The van der Waals surface area contributed by atoms with Crippen LogP contribution < -0.4 is 0 Å². The fraction of sp³-hybridized carbons (Fsp3) is 0.429. The average molecular weight is 318 g/mol. The number of likely N-dealkylation sites (N-methyl/N-ethyl adjacent to an activating group) is 1. The molecule has 0 heterocycles. The van der Waals surface area contributed by atoms with Crippen molar-refractivity contribution in [2.75, 3.05) is 20.7 Å². The zero-order valence-corrected chi connectivity index (χ0v) is 13.0. The van der Waals surface area contributed by atoms with Gasteiger partial charge in [-0.25, -0.2) is 0 Å². The Labute approximate surface area is 128 Å². The molecular weight excluding hydrogens is 301 g/mol. The molecule has 0 saturated carbocycles.